The fraction of sp³-hybridized carbons (Fsp3) is 0. The van der Waals surface area contributed by atoms with Crippen LogP contribution in [0, 0.1) is 0 Å². The van der Waals surface area contributed by atoms with Gasteiger partial charge in [-0.3, -0.25) is 0 Å². The molecule has 2 heterocycles. The zero-order chi connectivity index (χ0) is 46.2. The highest BCUT2D eigenvalue weighted by Gasteiger charge is 2.51. The first-order valence-electron chi connectivity index (χ1n) is 24.5. The highest BCUT2D eigenvalue weighted by Crippen LogP contribution is 2.45. The lowest BCUT2D eigenvalue weighted by Gasteiger charge is -2.33. The Morgan fingerprint density at radius 3 is 0.871 bits per heavy atom. The quantitative estimate of drug-likeness (QED) is 0.110. The van der Waals surface area contributed by atoms with Crippen molar-refractivity contribution in [1.82, 2.24) is 0 Å². The number of rotatable bonds is 7. The Labute approximate surface area is 411 Å². The van der Waals surface area contributed by atoms with Crippen molar-refractivity contribution in [3.63, 3.8) is 0 Å². The van der Waals surface area contributed by atoms with Crippen molar-refractivity contribution < 1.29 is 0 Å². The highest BCUT2D eigenvalue weighted by atomic mass is 28.3. The summed E-state index contributed by atoms with van der Waals surface area (Å²) < 4.78 is 0. The molecule has 0 fully saturated rings. The van der Waals surface area contributed by atoms with Crippen LogP contribution in [-0.2, 0) is 0 Å². The van der Waals surface area contributed by atoms with Crippen LogP contribution in [0.3, 0.4) is 0 Å². The number of fused-ring (bicyclic) bond motifs is 8. The van der Waals surface area contributed by atoms with Crippen molar-refractivity contribution in [3.05, 3.63) is 279 Å². The van der Waals surface area contributed by atoms with Gasteiger partial charge in [0.25, 0.3) is 0 Å². The lowest BCUT2D eigenvalue weighted by atomic mass is 9.85. The van der Waals surface area contributed by atoms with Crippen molar-refractivity contribution in [2.45, 2.75) is 0 Å². The number of benzene rings is 12. The molecule has 2 aliphatic rings. The summed E-state index contributed by atoms with van der Waals surface area (Å²) in [6.45, 7) is 0. The molecule has 0 saturated heterocycles. The van der Waals surface area contributed by atoms with E-state index >= 15 is 0 Å². The van der Waals surface area contributed by atoms with Crippen LogP contribution in [0.15, 0.2) is 279 Å². The molecule has 0 atom stereocenters. The summed E-state index contributed by atoms with van der Waals surface area (Å²) in [6.07, 6.45) is 0. The molecular formula is C68H46Si2. The van der Waals surface area contributed by atoms with Crippen LogP contribution in [-0.4, -0.2) is 16.1 Å². The van der Waals surface area contributed by atoms with Crippen LogP contribution in [0.25, 0.3) is 77.2 Å². The second-order valence-electron chi connectivity index (χ2n) is 18.9. The third-order valence-electron chi connectivity index (χ3n) is 15.6. The molecule has 12 aromatic carbocycles. The third-order valence-corrected chi connectivity index (χ3v) is 25.5. The summed E-state index contributed by atoms with van der Waals surface area (Å²) in [5.41, 5.74) is 13.0. The van der Waals surface area contributed by atoms with Gasteiger partial charge < -0.3 is 0 Å². The Morgan fingerprint density at radius 1 is 0.200 bits per heavy atom. The van der Waals surface area contributed by atoms with E-state index in [1.165, 1.54) is 119 Å². The average molecular weight is 919 g/mol. The standard InChI is InChI=1S/C68H46Si2/c1-6-24-47(25-7-1)66-56-38-20-36-52(58-40-22-42-60-54-34-16-18-44-64(54)69(67(58)60,48-26-8-2-9-27-48)49-28-10-3-11-29-49)62(56)46-63-53(37-21-39-57(63)66)59-41-23-43-61-55-35-17-19-45-65(55)70(68(59)61,50-30-12-4-13-31-50)51-32-14-5-15-33-51/h1-46H. The molecule has 0 amide bonds. The van der Waals surface area contributed by atoms with Crippen molar-refractivity contribution in [2.24, 2.45) is 0 Å². The first-order valence-corrected chi connectivity index (χ1v) is 28.5. The summed E-state index contributed by atoms with van der Waals surface area (Å²) in [5.74, 6) is 0. The molecule has 326 valence electrons. The largest absolute Gasteiger partial charge is 0.181 e. The maximum absolute atomic E-state index is 2.85. The van der Waals surface area contributed by atoms with E-state index in [9.17, 15) is 0 Å². The minimum absolute atomic E-state index is 1.22. The molecule has 0 unspecified atom stereocenters. The Hall–Kier alpha value is -8.41. The van der Waals surface area contributed by atoms with Gasteiger partial charge in [0.05, 0.1) is 0 Å². The smallest absolute Gasteiger partial charge is 0.0623 e. The van der Waals surface area contributed by atoms with Gasteiger partial charge in [-0.1, -0.05) is 273 Å². The normalized spacial score (nSPS) is 13.7. The first-order chi connectivity index (χ1) is 34.8. The van der Waals surface area contributed by atoms with E-state index in [2.05, 4.69) is 279 Å². The maximum atomic E-state index is 2.56. The monoisotopic (exact) mass is 918 g/mol. The lowest BCUT2D eigenvalue weighted by molar-refractivity contribution is 1.64. The molecule has 70 heavy (non-hydrogen) atoms. The topological polar surface area (TPSA) is 0 Å². The van der Waals surface area contributed by atoms with Gasteiger partial charge in [0.15, 0.2) is 16.1 Å². The molecule has 0 radical (unpaired) electrons. The molecule has 0 nitrogen and oxygen atoms in total. The second-order valence-corrected chi connectivity index (χ2v) is 26.3. The van der Waals surface area contributed by atoms with Crippen LogP contribution in [0.5, 0.6) is 0 Å². The minimum Gasteiger partial charge on any atom is -0.0623 e. The molecule has 12 aromatic rings. The van der Waals surface area contributed by atoms with Crippen molar-refractivity contribution >= 4 is 79.2 Å². The van der Waals surface area contributed by atoms with E-state index in [4.69, 9.17) is 0 Å². The van der Waals surface area contributed by atoms with Gasteiger partial charge in [0, 0.05) is 0 Å². The van der Waals surface area contributed by atoms with Gasteiger partial charge in [-0.15, -0.1) is 0 Å². The summed E-state index contributed by atoms with van der Waals surface area (Å²) in [4.78, 5) is 0. The van der Waals surface area contributed by atoms with Crippen molar-refractivity contribution in [3.8, 4) is 55.6 Å². The fourth-order valence-corrected chi connectivity index (χ4v) is 23.8. The second kappa shape index (κ2) is 16.1. The summed E-state index contributed by atoms with van der Waals surface area (Å²) >= 11 is 0. The van der Waals surface area contributed by atoms with E-state index < -0.39 is 16.1 Å². The molecule has 0 spiro atoms. The van der Waals surface area contributed by atoms with Gasteiger partial charge in [0.2, 0.25) is 0 Å². The molecule has 0 bridgehead atoms. The van der Waals surface area contributed by atoms with Crippen molar-refractivity contribution in [1.29, 1.82) is 0 Å². The fourth-order valence-electron chi connectivity index (χ4n) is 13.0. The van der Waals surface area contributed by atoms with Crippen LogP contribution in [0.4, 0.5) is 0 Å². The Kier molecular flexibility index (Phi) is 9.35. The number of hydrogen-bond acceptors (Lipinski definition) is 0. The van der Waals surface area contributed by atoms with E-state index in [1.54, 1.807) is 0 Å². The Bertz CT molecular complexity index is 3660. The zero-order valence-electron chi connectivity index (χ0n) is 38.6. The van der Waals surface area contributed by atoms with Crippen LogP contribution >= 0.6 is 0 Å². The lowest BCUT2D eigenvalue weighted by Crippen LogP contribution is -2.73. The molecule has 14 rings (SSSR count). The van der Waals surface area contributed by atoms with Gasteiger partial charge in [-0.05, 0) is 125 Å². The Morgan fingerprint density at radius 2 is 0.486 bits per heavy atom. The van der Waals surface area contributed by atoms with Gasteiger partial charge in [0.1, 0.15) is 0 Å². The molecule has 0 aromatic heterocycles. The molecule has 0 saturated carbocycles. The molecule has 2 aliphatic heterocycles. The third kappa shape index (κ3) is 5.69. The van der Waals surface area contributed by atoms with E-state index in [-0.39, 0.29) is 0 Å². The SMILES string of the molecule is c1ccc(-c2c3cccc(-c4cccc5c4[Si](c4ccccc4)(c4ccccc4)c4ccccc4-5)c3cc3c(-c4cccc5c4[Si](c4ccccc4)(c4ccccc4)c4ccccc4-5)cccc23)cc1. The predicted molar refractivity (Wildman–Crippen MR) is 303 cm³/mol. The van der Waals surface area contributed by atoms with Crippen LogP contribution in [0.2, 0.25) is 0 Å². The van der Waals surface area contributed by atoms with Gasteiger partial charge in [-0.25, -0.2) is 0 Å². The highest BCUT2D eigenvalue weighted by molar-refractivity contribution is 7.23. The average Bonchev–Trinajstić information content (AvgIpc) is 3.93. The Balaban J connectivity index is 1.11. The van der Waals surface area contributed by atoms with E-state index in [1.807, 2.05) is 0 Å². The van der Waals surface area contributed by atoms with Crippen molar-refractivity contribution in [2.75, 3.05) is 0 Å². The van der Waals surface area contributed by atoms with Gasteiger partial charge >= 0.3 is 0 Å². The minimum atomic E-state index is -2.85. The van der Waals surface area contributed by atoms with E-state index in [0.717, 1.165) is 0 Å². The zero-order valence-corrected chi connectivity index (χ0v) is 40.6. The van der Waals surface area contributed by atoms with Crippen LogP contribution in [0.1, 0.15) is 0 Å². The maximum Gasteiger partial charge on any atom is 0.181 e. The van der Waals surface area contributed by atoms with Crippen LogP contribution < -0.4 is 41.5 Å². The molecule has 0 aliphatic carbocycles. The summed E-state index contributed by atoms with van der Waals surface area (Å²) in [5, 5.41) is 16.5. The molecular weight excluding hydrogens is 873 g/mol. The predicted octanol–water partition coefficient (Wildman–Crippen LogP) is 11.7. The summed E-state index contributed by atoms with van der Waals surface area (Å²) in [6, 6.07) is 106. The number of hydrogen-bond donors (Lipinski definition) is 0. The molecule has 2 heteroatoms. The first kappa shape index (κ1) is 40.6. The summed E-state index contributed by atoms with van der Waals surface area (Å²) in [7, 11) is -5.71. The van der Waals surface area contributed by atoms with Gasteiger partial charge in [-0.2, -0.15) is 0 Å². The molecule has 0 N–H and O–H groups in total. The van der Waals surface area contributed by atoms with E-state index in [0.29, 0.717) is 0 Å².